The Hall–Kier alpha value is -2.14. The zero-order valence-corrected chi connectivity index (χ0v) is 12.7. The van der Waals surface area contributed by atoms with E-state index in [-0.39, 0.29) is 5.91 Å². The molecule has 0 atom stereocenters. The number of nitrogens with zero attached hydrogens (tertiary/aromatic N) is 3. The number of anilines is 2. The van der Waals surface area contributed by atoms with E-state index in [1.165, 1.54) is 0 Å². The van der Waals surface area contributed by atoms with Crippen molar-refractivity contribution in [3.8, 4) is 0 Å². The van der Waals surface area contributed by atoms with Crippen molar-refractivity contribution >= 4 is 28.3 Å². The molecule has 0 saturated heterocycles. The molecule has 2 heterocycles. The molecule has 21 heavy (non-hydrogen) atoms. The normalized spacial score (nSPS) is 13.8. The van der Waals surface area contributed by atoms with Crippen LogP contribution in [-0.4, -0.2) is 50.0 Å². The predicted octanol–water partition coefficient (Wildman–Crippen LogP) is 1.73. The third kappa shape index (κ3) is 2.56. The number of likely N-dealkylation sites (N-methyl/N-ethyl adjacent to an activating group) is 2. The van der Waals surface area contributed by atoms with E-state index in [1.54, 1.807) is 0 Å². The van der Waals surface area contributed by atoms with Crippen molar-refractivity contribution in [2.75, 3.05) is 44.4 Å². The number of pyridine rings is 1. The van der Waals surface area contributed by atoms with Crippen molar-refractivity contribution in [3.63, 3.8) is 0 Å². The summed E-state index contributed by atoms with van der Waals surface area (Å²) in [6.45, 7) is 1.32. The number of carbonyl (C=O) groups is 1. The van der Waals surface area contributed by atoms with Gasteiger partial charge in [0.25, 0.3) is 0 Å². The van der Waals surface area contributed by atoms with Gasteiger partial charge in [-0.3, -0.25) is 4.79 Å². The third-order valence-electron chi connectivity index (χ3n) is 3.75. The maximum absolute atomic E-state index is 12.2. The molecule has 110 valence electrons. The van der Waals surface area contributed by atoms with Gasteiger partial charge in [-0.05, 0) is 26.6 Å². The molecule has 0 fully saturated rings. The highest BCUT2D eigenvalue weighted by molar-refractivity contribution is 6.04. The summed E-state index contributed by atoms with van der Waals surface area (Å²) in [4.78, 5) is 20.9. The zero-order valence-electron chi connectivity index (χ0n) is 12.7. The Labute approximate surface area is 124 Å². The van der Waals surface area contributed by atoms with Crippen LogP contribution < -0.4 is 10.2 Å². The third-order valence-corrected chi connectivity index (χ3v) is 3.75. The predicted molar refractivity (Wildman–Crippen MR) is 85.9 cm³/mol. The minimum absolute atomic E-state index is 0.00751. The Morgan fingerprint density at radius 3 is 2.90 bits per heavy atom. The summed E-state index contributed by atoms with van der Waals surface area (Å²) in [7, 11) is 5.82. The van der Waals surface area contributed by atoms with Crippen LogP contribution in [0.1, 0.15) is 5.56 Å². The molecule has 0 spiro atoms. The van der Waals surface area contributed by atoms with Crippen LogP contribution in [0.15, 0.2) is 24.3 Å². The summed E-state index contributed by atoms with van der Waals surface area (Å²) in [5.41, 5.74) is 2.99. The standard InChI is InChI=1S/C16H20N4O/c1-19(2)10-14(21)18-15-11-6-4-5-7-13(11)17-16-12(15)8-9-20(16)3/h4-7H,8-10H2,1-3H3,(H,17,18,21). The summed E-state index contributed by atoms with van der Waals surface area (Å²) in [6.07, 6.45) is 0.918. The number of hydrogen-bond acceptors (Lipinski definition) is 4. The number of rotatable bonds is 3. The lowest BCUT2D eigenvalue weighted by molar-refractivity contribution is -0.116. The molecule has 1 N–H and O–H groups in total. The van der Waals surface area contributed by atoms with E-state index in [1.807, 2.05) is 50.3 Å². The van der Waals surface area contributed by atoms with E-state index in [2.05, 4.69) is 10.2 Å². The molecule has 0 aliphatic carbocycles. The first-order chi connectivity index (χ1) is 10.1. The molecule has 1 aromatic carbocycles. The van der Waals surface area contributed by atoms with E-state index < -0.39 is 0 Å². The lowest BCUT2D eigenvalue weighted by atomic mass is 10.1. The van der Waals surface area contributed by atoms with Gasteiger partial charge < -0.3 is 15.1 Å². The second kappa shape index (κ2) is 5.33. The van der Waals surface area contributed by atoms with Crippen LogP contribution >= 0.6 is 0 Å². The molecule has 0 radical (unpaired) electrons. The van der Waals surface area contributed by atoms with E-state index in [9.17, 15) is 4.79 Å². The van der Waals surface area contributed by atoms with Crippen molar-refractivity contribution in [1.82, 2.24) is 9.88 Å². The summed E-state index contributed by atoms with van der Waals surface area (Å²) < 4.78 is 0. The lowest BCUT2D eigenvalue weighted by Gasteiger charge is -2.16. The smallest absolute Gasteiger partial charge is 0.238 e. The molecule has 1 aliphatic rings. The Morgan fingerprint density at radius 1 is 1.38 bits per heavy atom. The van der Waals surface area contributed by atoms with Gasteiger partial charge in [-0.1, -0.05) is 18.2 Å². The number of carbonyl (C=O) groups excluding carboxylic acids is 1. The van der Waals surface area contributed by atoms with Crippen molar-refractivity contribution in [2.24, 2.45) is 0 Å². The topological polar surface area (TPSA) is 48.5 Å². The fourth-order valence-electron chi connectivity index (χ4n) is 2.79. The van der Waals surface area contributed by atoms with Gasteiger partial charge in [0.1, 0.15) is 5.82 Å². The molecule has 5 heteroatoms. The highest BCUT2D eigenvalue weighted by atomic mass is 16.2. The van der Waals surface area contributed by atoms with Crippen LogP contribution in [0.25, 0.3) is 10.9 Å². The van der Waals surface area contributed by atoms with Crippen LogP contribution in [0, 0.1) is 0 Å². The number of hydrogen-bond donors (Lipinski definition) is 1. The Kier molecular flexibility index (Phi) is 3.51. The quantitative estimate of drug-likeness (QED) is 0.932. The minimum Gasteiger partial charge on any atom is -0.359 e. The van der Waals surface area contributed by atoms with Crippen molar-refractivity contribution in [3.05, 3.63) is 29.8 Å². The number of benzene rings is 1. The largest absolute Gasteiger partial charge is 0.359 e. The first-order valence-corrected chi connectivity index (χ1v) is 7.13. The summed E-state index contributed by atoms with van der Waals surface area (Å²) >= 11 is 0. The zero-order chi connectivity index (χ0) is 15.0. The van der Waals surface area contributed by atoms with Gasteiger partial charge in [-0.15, -0.1) is 0 Å². The number of fused-ring (bicyclic) bond motifs is 2. The molecule has 0 saturated carbocycles. The van der Waals surface area contributed by atoms with Crippen molar-refractivity contribution in [2.45, 2.75) is 6.42 Å². The average Bonchev–Trinajstić information content (AvgIpc) is 2.79. The second-order valence-electron chi connectivity index (χ2n) is 5.76. The molecule has 0 bridgehead atoms. The van der Waals surface area contributed by atoms with Crippen molar-refractivity contribution in [1.29, 1.82) is 0 Å². The summed E-state index contributed by atoms with van der Waals surface area (Å²) in [5, 5.41) is 4.10. The molecule has 1 aromatic heterocycles. The van der Waals surface area contributed by atoms with Gasteiger partial charge >= 0.3 is 0 Å². The van der Waals surface area contributed by atoms with Crippen molar-refractivity contribution < 1.29 is 4.79 Å². The SMILES string of the molecule is CN(C)CC(=O)Nc1c2c(nc3ccccc13)N(C)CC2. The van der Waals surface area contributed by atoms with Crippen LogP contribution in [0.2, 0.25) is 0 Å². The number of amides is 1. The average molecular weight is 284 g/mol. The minimum atomic E-state index is 0.00751. The van der Waals surface area contributed by atoms with Gasteiger partial charge in [0.2, 0.25) is 5.91 Å². The van der Waals surface area contributed by atoms with Crippen LogP contribution in [0.3, 0.4) is 0 Å². The maximum Gasteiger partial charge on any atom is 0.238 e. The van der Waals surface area contributed by atoms with Gasteiger partial charge in [0.15, 0.2) is 0 Å². The molecule has 1 aliphatic heterocycles. The van der Waals surface area contributed by atoms with Crippen LogP contribution in [-0.2, 0) is 11.2 Å². The second-order valence-corrected chi connectivity index (χ2v) is 5.76. The maximum atomic E-state index is 12.2. The molecule has 0 unspecified atom stereocenters. The van der Waals surface area contributed by atoms with Crippen LogP contribution in [0.5, 0.6) is 0 Å². The number of para-hydroxylation sites is 1. The van der Waals surface area contributed by atoms with Crippen LogP contribution in [0.4, 0.5) is 11.5 Å². The van der Waals surface area contributed by atoms with Gasteiger partial charge in [-0.25, -0.2) is 4.98 Å². The molecular formula is C16H20N4O. The molecule has 5 nitrogen and oxygen atoms in total. The van der Waals surface area contributed by atoms with Gasteiger partial charge in [0.05, 0.1) is 17.7 Å². The fourth-order valence-corrected chi connectivity index (χ4v) is 2.79. The molecular weight excluding hydrogens is 264 g/mol. The van der Waals surface area contributed by atoms with Gasteiger partial charge in [-0.2, -0.15) is 0 Å². The highest BCUT2D eigenvalue weighted by Gasteiger charge is 2.24. The first kappa shape index (κ1) is 13.8. The monoisotopic (exact) mass is 284 g/mol. The number of nitrogens with one attached hydrogen (secondary N) is 1. The summed E-state index contributed by atoms with van der Waals surface area (Å²) in [5.74, 6) is 0.988. The molecule has 2 aromatic rings. The Morgan fingerprint density at radius 2 is 2.14 bits per heavy atom. The van der Waals surface area contributed by atoms with Gasteiger partial charge in [0, 0.05) is 24.5 Å². The van der Waals surface area contributed by atoms with E-state index in [0.29, 0.717) is 6.54 Å². The number of aromatic nitrogens is 1. The first-order valence-electron chi connectivity index (χ1n) is 7.13. The Balaban J connectivity index is 2.09. The fraction of sp³-hybridized carbons (Fsp3) is 0.375. The summed E-state index contributed by atoms with van der Waals surface area (Å²) in [6, 6.07) is 7.97. The molecule has 1 amide bonds. The Bertz CT molecular complexity index is 696. The van der Waals surface area contributed by atoms with E-state index in [0.717, 1.165) is 40.9 Å². The lowest BCUT2D eigenvalue weighted by Crippen LogP contribution is -2.27. The van der Waals surface area contributed by atoms with E-state index in [4.69, 9.17) is 4.98 Å². The highest BCUT2D eigenvalue weighted by Crippen LogP contribution is 2.36. The molecule has 3 rings (SSSR count). The van der Waals surface area contributed by atoms with E-state index >= 15 is 0 Å².